The van der Waals surface area contributed by atoms with Gasteiger partial charge in [-0.15, -0.1) is 5.06 Å². The summed E-state index contributed by atoms with van der Waals surface area (Å²) < 4.78 is 0. The second-order valence-electron chi connectivity index (χ2n) is 3.50. The molecule has 1 saturated heterocycles. The predicted molar refractivity (Wildman–Crippen MR) is 55.0 cm³/mol. The lowest BCUT2D eigenvalue weighted by Crippen LogP contribution is -2.35. The maximum atomic E-state index is 11.5. The second kappa shape index (κ2) is 5.86. The number of nitrogens with zero attached hydrogens (tertiary/aromatic N) is 4. The molecule has 0 spiro atoms. The minimum atomic E-state index is -1.01. The zero-order valence-electron chi connectivity index (χ0n) is 9.33. The van der Waals surface area contributed by atoms with E-state index in [1.54, 1.807) is 6.92 Å². The van der Waals surface area contributed by atoms with Crippen molar-refractivity contribution in [3.8, 4) is 0 Å². The third kappa shape index (κ3) is 3.18. The zero-order valence-corrected chi connectivity index (χ0v) is 9.33. The van der Waals surface area contributed by atoms with E-state index in [0.29, 0.717) is 17.9 Å². The van der Waals surface area contributed by atoms with Gasteiger partial charge in [-0.1, -0.05) is 18.5 Å². The van der Waals surface area contributed by atoms with E-state index in [2.05, 4.69) is 14.9 Å². The van der Waals surface area contributed by atoms with Gasteiger partial charge in [-0.3, -0.25) is 9.59 Å². The molecule has 92 valence electrons. The van der Waals surface area contributed by atoms with Crippen molar-refractivity contribution < 1.29 is 19.2 Å². The lowest BCUT2D eigenvalue weighted by Gasteiger charge is -2.15. The van der Waals surface area contributed by atoms with E-state index >= 15 is 0 Å². The van der Waals surface area contributed by atoms with Crippen LogP contribution in [0.15, 0.2) is 5.11 Å². The van der Waals surface area contributed by atoms with Crippen LogP contribution < -0.4 is 0 Å². The van der Waals surface area contributed by atoms with Crippen LogP contribution >= 0.6 is 0 Å². The Morgan fingerprint density at radius 1 is 1.53 bits per heavy atom. The summed E-state index contributed by atoms with van der Waals surface area (Å²) in [6.45, 7) is 1.80. The van der Waals surface area contributed by atoms with Gasteiger partial charge in [0, 0.05) is 17.8 Å². The summed E-state index contributed by atoms with van der Waals surface area (Å²) in [5.74, 6) is -1.99. The summed E-state index contributed by atoms with van der Waals surface area (Å²) in [6, 6.07) is -1.01. The Morgan fingerprint density at radius 3 is 2.59 bits per heavy atom. The number of amides is 2. The maximum absolute atomic E-state index is 11.5. The molecule has 0 aromatic heterocycles. The summed E-state index contributed by atoms with van der Waals surface area (Å²) in [5, 5.41) is 3.71. The van der Waals surface area contributed by atoms with Crippen molar-refractivity contribution in [2.75, 3.05) is 0 Å². The molecule has 0 aromatic carbocycles. The molecule has 17 heavy (non-hydrogen) atoms. The molecule has 1 heterocycles. The average Bonchev–Trinajstić information content (AvgIpc) is 2.60. The van der Waals surface area contributed by atoms with E-state index in [1.165, 1.54) is 0 Å². The number of carbonyl (C=O) groups is 3. The van der Waals surface area contributed by atoms with Gasteiger partial charge in [0.2, 0.25) is 0 Å². The molecule has 0 aliphatic carbocycles. The van der Waals surface area contributed by atoms with E-state index in [-0.39, 0.29) is 12.8 Å². The molecule has 1 aliphatic heterocycles. The van der Waals surface area contributed by atoms with Crippen molar-refractivity contribution in [3.05, 3.63) is 10.4 Å². The first-order chi connectivity index (χ1) is 8.10. The summed E-state index contributed by atoms with van der Waals surface area (Å²) in [5.41, 5.74) is 8.28. The number of hydrogen-bond acceptors (Lipinski definition) is 5. The van der Waals surface area contributed by atoms with Crippen molar-refractivity contribution in [3.63, 3.8) is 0 Å². The molecule has 0 saturated carbocycles. The van der Waals surface area contributed by atoms with Crippen molar-refractivity contribution in [2.24, 2.45) is 5.11 Å². The number of carbonyl (C=O) groups excluding carboxylic acids is 3. The molecule has 0 N–H and O–H groups in total. The van der Waals surface area contributed by atoms with Gasteiger partial charge in [0.05, 0.1) is 0 Å². The van der Waals surface area contributed by atoms with Gasteiger partial charge in [-0.2, -0.15) is 0 Å². The van der Waals surface area contributed by atoms with Crippen molar-refractivity contribution in [1.29, 1.82) is 0 Å². The molecule has 1 aliphatic rings. The summed E-state index contributed by atoms with van der Waals surface area (Å²) >= 11 is 0. The normalized spacial score (nSPS) is 16.6. The van der Waals surface area contributed by atoms with Crippen LogP contribution in [0.25, 0.3) is 10.4 Å². The van der Waals surface area contributed by atoms with Crippen molar-refractivity contribution in [1.82, 2.24) is 5.06 Å². The van der Waals surface area contributed by atoms with E-state index < -0.39 is 23.8 Å². The molecule has 1 atom stereocenters. The predicted octanol–water partition coefficient (Wildman–Crippen LogP) is 1.07. The van der Waals surface area contributed by atoms with E-state index in [0.717, 1.165) is 0 Å². The van der Waals surface area contributed by atoms with Gasteiger partial charge >= 0.3 is 5.97 Å². The Labute approximate surface area is 97.1 Å². The van der Waals surface area contributed by atoms with Crippen molar-refractivity contribution >= 4 is 17.8 Å². The Morgan fingerprint density at radius 2 is 2.12 bits per heavy atom. The van der Waals surface area contributed by atoms with Crippen LogP contribution in [0.2, 0.25) is 0 Å². The summed E-state index contributed by atoms with van der Waals surface area (Å²) in [6.07, 6.45) is 0.984. The molecule has 0 radical (unpaired) electrons. The van der Waals surface area contributed by atoms with Crippen LogP contribution in [-0.4, -0.2) is 28.9 Å². The average molecular weight is 240 g/mol. The first-order valence-corrected chi connectivity index (χ1v) is 5.22. The van der Waals surface area contributed by atoms with Crippen LogP contribution in [-0.2, 0) is 19.2 Å². The number of imide groups is 1. The fourth-order valence-electron chi connectivity index (χ4n) is 1.37. The van der Waals surface area contributed by atoms with Gasteiger partial charge < -0.3 is 4.84 Å². The molecule has 1 unspecified atom stereocenters. The zero-order chi connectivity index (χ0) is 12.8. The Kier molecular flexibility index (Phi) is 4.47. The first-order valence-electron chi connectivity index (χ1n) is 5.22. The van der Waals surface area contributed by atoms with Crippen LogP contribution in [0.5, 0.6) is 0 Å². The standard InChI is InChI=1S/C9H12N4O4/c1-2-3-6(11-12-10)9(16)17-13-7(14)4-5-8(13)15/h6H,2-5H2,1H3. The Hall–Kier alpha value is -2.08. The highest BCUT2D eigenvalue weighted by atomic mass is 16.7. The fraction of sp³-hybridized carbons (Fsp3) is 0.667. The smallest absolute Gasteiger partial charge is 0.330 e. The first kappa shape index (κ1) is 13.0. The van der Waals surface area contributed by atoms with E-state index in [1.807, 2.05) is 0 Å². The highest BCUT2D eigenvalue weighted by Gasteiger charge is 2.34. The van der Waals surface area contributed by atoms with Crippen LogP contribution in [0, 0.1) is 0 Å². The highest BCUT2D eigenvalue weighted by Crippen LogP contribution is 2.14. The van der Waals surface area contributed by atoms with Gasteiger partial charge in [-0.25, -0.2) is 4.79 Å². The Balaban J connectivity index is 2.66. The molecule has 0 bridgehead atoms. The van der Waals surface area contributed by atoms with Gasteiger partial charge in [0.1, 0.15) is 6.04 Å². The molecular weight excluding hydrogens is 228 g/mol. The topological polar surface area (TPSA) is 112 Å². The molecular formula is C9H12N4O4. The van der Waals surface area contributed by atoms with Gasteiger partial charge in [-0.05, 0) is 12.0 Å². The van der Waals surface area contributed by atoms with Crippen LogP contribution in [0.4, 0.5) is 0 Å². The Bertz CT molecular complexity index is 372. The van der Waals surface area contributed by atoms with Gasteiger partial charge in [0.15, 0.2) is 0 Å². The minimum Gasteiger partial charge on any atom is -0.330 e. The highest BCUT2D eigenvalue weighted by molar-refractivity contribution is 6.01. The largest absolute Gasteiger partial charge is 0.342 e. The molecule has 8 nitrogen and oxygen atoms in total. The number of hydroxylamine groups is 2. The second-order valence-corrected chi connectivity index (χ2v) is 3.50. The SMILES string of the molecule is CCCC(N=[N+]=[N-])C(=O)ON1C(=O)CCC1=O. The molecule has 2 amide bonds. The lowest BCUT2D eigenvalue weighted by atomic mass is 10.2. The van der Waals surface area contributed by atoms with Gasteiger partial charge in [0.25, 0.3) is 11.8 Å². The molecule has 1 rings (SSSR count). The monoisotopic (exact) mass is 240 g/mol. The van der Waals surface area contributed by atoms with Crippen molar-refractivity contribution in [2.45, 2.75) is 38.6 Å². The molecule has 0 aromatic rings. The van der Waals surface area contributed by atoms with E-state index in [4.69, 9.17) is 5.53 Å². The quantitative estimate of drug-likeness (QED) is 0.309. The number of hydrogen-bond donors (Lipinski definition) is 0. The van der Waals surface area contributed by atoms with E-state index in [9.17, 15) is 14.4 Å². The number of azide groups is 1. The third-order valence-electron chi connectivity index (χ3n) is 2.21. The maximum Gasteiger partial charge on any atom is 0.342 e. The minimum absolute atomic E-state index is 0.0338. The number of rotatable bonds is 5. The fourth-order valence-corrected chi connectivity index (χ4v) is 1.37. The molecule has 1 fully saturated rings. The summed E-state index contributed by atoms with van der Waals surface area (Å²) in [7, 11) is 0. The lowest BCUT2D eigenvalue weighted by molar-refractivity contribution is -0.198. The third-order valence-corrected chi connectivity index (χ3v) is 2.21. The van der Waals surface area contributed by atoms with Crippen LogP contribution in [0.1, 0.15) is 32.6 Å². The molecule has 8 heteroatoms. The summed E-state index contributed by atoms with van der Waals surface area (Å²) in [4.78, 5) is 41.1. The van der Waals surface area contributed by atoms with Crippen LogP contribution in [0.3, 0.4) is 0 Å².